The van der Waals surface area contributed by atoms with Crippen molar-refractivity contribution in [2.45, 2.75) is 13.0 Å². The van der Waals surface area contributed by atoms with Crippen LogP contribution in [0.1, 0.15) is 16.9 Å². The van der Waals surface area contributed by atoms with Crippen LogP contribution in [0.3, 0.4) is 0 Å². The Kier molecular flexibility index (Phi) is 3.55. The van der Waals surface area contributed by atoms with E-state index in [9.17, 15) is 4.79 Å². The fraction of sp³-hybridized carbons (Fsp3) is 0.312. The maximum Gasteiger partial charge on any atom is 0.277 e. The van der Waals surface area contributed by atoms with Crippen LogP contribution >= 0.6 is 0 Å². The number of ether oxygens (including phenoxy) is 1. The van der Waals surface area contributed by atoms with Gasteiger partial charge in [0.15, 0.2) is 5.69 Å². The summed E-state index contributed by atoms with van der Waals surface area (Å²) in [5, 5.41) is 11.8. The van der Waals surface area contributed by atoms with E-state index in [0.29, 0.717) is 11.6 Å². The highest BCUT2D eigenvalue weighted by Gasteiger charge is 2.18. The molecule has 7 nitrogen and oxygen atoms in total. The van der Waals surface area contributed by atoms with Crippen LogP contribution < -0.4 is 5.32 Å². The van der Waals surface area contributed by atoms with Gasteiger partial charge >= 0.3 is 0 Å². The van der Waals surface area contributed by atoms with Gasteiger partial charge in [0.05, 0.1) is 18.5 Å². The number of H-pyrrole nitrogens is 1. The van der Waals surface area contributed by atoms with E-state index in [1.54, 1.807) is 17.1 Å². The molecule has 1 fully saturated rings. The van der Waals surface area contributed by atoms with Crippen molar-refractivity contribution < 1.29 is 9.53 Å². The molecule has 2 N–H and O–H groups in total. The number of hydrogen-bond donors (Lipinski definition) is 2. The molecular weight excluding hydrogens is 294 g/mol. The standard InChI is InChI=1S/C16H17N5O2/c22-16(18-14-7-17-13-4-2-1-3-12(13)14)15-9-21(20-19-15)8-11-5-6-23-10-11/h1-4,7,9,11,17H,5-6,8,10H2,(H,18,22). The number of hydrogen-bond acceptors (Lipinski definition) is 4. The Bertz CT molecular complexity index is 832. The SMILES string of the molecule is O=C(Nc1c[nH]c2ccccc12)c1cn(CC2CCOC2)nn1. The summed E-state index contributed by atoms with van der Waals surface area (Å²) in [5.74, 6) is 0.185. The molecule has 0 radical (unpaired) electrons. The molecule has 0 saturated carbocycles. The van der Waals surface area contributed by atoms with Gasteiger partial charge in [0.25, 0.3) is 5.91 Å². The van der Waals surface area contributed by atoms with E-state index in [4.69, 9.17) is 4.74 Å². The van der Waals surface area contributed by atoms with Gasteiger partial charge in [0.2, 0.25) is 0 Å². The van der Waals surface area contributed by atoms with Crippen molar-refractivity contribution in [3.8, 4) is 0 Å². The van der Waals surface area contributed by atoms with Crippen molar-refractivity contribution in [1.29, 1.82) is 0 Å². The molecule has 1 amide bonds. The number of aromatic amines is 1. The van der Waals surface area contributed by atoms with Crippen molar-refractivity contribution in [3.05, 3.63) is 42.4 Å². The van der Waals surface area contributed by atoms with Gasteiger partial charge in [-0.3, -0.25) is 9.48 Å². The van der Waals surface area contributed by atoms with Gasteiger partial charge in [-0.2, -0.15) is 0 Å². The molecule has 1 atom stereocenters. The zero-order valence-corrected chi connectivity index (χ0v) is 12.5. The highest BCUT2D eigenvalue weighted by molar-refractivity contribution is 6.07. The Morgan fingerprint density at radius 2 is 2.35 bits per heavy atom. The number of amides is 1. The highest BCUT2D eigenvalue weighted by Crippen LogP contribution is 2.22. The molecule has 1 unspecified atom stereocenters. The molecule has 3 heterocycles. The van der Waals surface area contributed by atoms with Crippen LogP contribution in [0.4, 0.5) is 5.69 Å². The van der Waals surface area contributed by atoms with Gasteiger partial charge in [-0.1, -0.05) is 23.4 Å². The van der Waals surface area contributed by atoms with E-state index in [2.05, 4.69) is 20.6 Å². The van der Waals surface area contributed by atoms with Crippen molar-refractivity contribution in [3.63, 3.8) is 0 Å². The molecule has 0 spiro atoms. The van der Waals surface area contributed by atoms with Crippen LogP contribution in [-0.4, -0.2) is 39.1 Å². The molecule has 3 aromatic rings. The monoisotopic (exact) mass is 311 g/mol. The zero-order valence-electron chi connectivity index (χ0n) is 12.5. The van der Waals surface area contributed by atoms with E-state index in [1.165, 1.54) is 0 Å². The minimum Gasteiger partial charge on any atom is -0.381 e. The maximum atomic E-state index is 12.3. The Morgan fingerprint density at radius 3 is 3.22 bits per heavy atom. The number of carbonyl (C=O) groups is 1. The number of aromatic nitrogens is 4. The largest absolute Gasteiger partial charge is 0.381 e. The number of fused-ring (bicyclic) bond motifs is 1. The molecule has 23 heavy (non-hydrogen) atoms. The fourth-order valence-electron chi connectivity index (χ4n) is 2.84. The predicted octanol–water partition coefficient (Wildman–Crippen LogP) is 2.05. The second-order valence-corrected chi connectivity index (χ2v) is 5.76. The second kappa shape index (κ2) is 5.85. The second-order valence-electron chi connectivity index (χ2n) is 5.76. The molecule has 0 bridgehead atoms. The Hall–Kier alpha value is -2.67. The first-order valence-corrected chi connectivity index (χ1v) is 7.65. The number of benzene rings is 1. The van der Waals surface area contributed by atoms with Crippen LogP contribution in [0.15, 0.2) is 36.7 Å². The normalized spacial score (nSPS) is 17.7. The lowest BCUT2D eigenvalue weighted by Crippen LogP contribution is -2.12. The molecule has 1 aliphatic rings. The van der Waals surface area contributed by atoms with Gasteiger partial charge in [0, 0.05) is 36.2 Å². The average Bonchev–Trinajstić information content (AvgIpc) is 3.29. The highest BCUT2D eigenvalue weighted by atomic mass is 16.5. The molecule has 1 aliphatic heterocycles. The van der Waals surface area contributed by atoms with Gasteiger partial charge in [-0.05, 0) is 12.5 Å². The maximum absolute atomic E-state index is 12.3. The molecular formula is C16H17N5O2. The van der Waals surface area contributed by atoms with E-state index < -0.39 is 0 Å². The lowest BCUT2D eigenvalue weighted by molar-refractivity contribution is 0.102. The number of nitrogens with zero attached hydrogens (tertiary/aromatic N) is 3. The minimum absolute atomic E-state index is 0.260. The third kappa shape index (κ3) is 2.83. The molecule has 118 valence electrons. The van der Waals surface area contributed by atoms with Crippen molar-refractivity contribution >= 4 is 22.5 Å². The molecule has 7 heteroatoms. The number of para-hydroxylation sites is 1. The number of rotatable bonds is 4. The molecule has 0 aliphatic carbocycles. The summed E-state index contributed by atoms with van der Waals surface area (Å²) in [4.78, 5) is 15.5. The fourth-order valence-corrected chi connectivity index (χ4v) is 2.84. The summed E-state index contributed by atoms with van der Waals surface area (Å²) in [5.41, 5.74) is 2.03. The first-order chi connectivity index (χ1) is 11.3. The van der Waals surface area contributed by atoms with Crippen LogP contribution in [0.5, 0.6) is 0 Å². The Morgan fingerprint density at radius 1 is 1.43 bits per heavy atom. The van der Waals surface area contributed by atoms with Gasteiger partial charge in [-0.15, -0.1) is 5.10 Å². The lowest BCUT2D eigenvalue weighted by Gasteiger charge is -2.05. The van der Waals surface area contributed by atoms with E-state index >= 15 is 0 Å². The summed E-state index contributed by atoms with van der Waals surface area (Å²) in [6, 6.07) is 7.80. The third-order valence-electron chi connectivity index (χ3n) is 4.08. The lowest BCUT2D eigenvalue weighted by atomic mass is 10.1. The quantitative estimate of drug-likeness (QED) is 0.772. The molecule has 4 rings (SSSR count). The summed E-state index contributed by atoms with van der Waals surface area (Å²) in [7, 11) is 0. The van der Waals surface area contributed by atoms with Crippen molar-refractivity contribution in [2.75, 3.05) is 18.5 Å². The van der Waals surface area contributed by atoms with Crippen LogP contribution in [0.25, 0.3) is 10.9 Å². The average molecular weight is 311 g/mol. The van der Waals surface area contributed by atoms with Crippen LogP contribution in [0.2, 0.25) is 0 Å². The van der Waals surface area contributed by atoms with E-state index in [-0.39, 0.29) is 5.91 Å². The molecule has 2 aromatic heterocycles. The smallest absolute Gasteiger partial charge is 0.277 e. The number of anilines is 1. The van der Waals surface area contributed by atoms with Crippen LogP contribution in [0, 0.1) is 5.92 Å². The zero-order chi connectivity index (χ0) is 15.6. The summed E-state index contributed by atoms with van der Waals surface area (Å²) < 4.78 is 7.06. The van der Waals surface area contributed by atoms with Crippen molar-refractivity contribution in [2.24, 2.45) is 5.92 Å². The minimum atomic E-state index is -0.260. The van der Waals surface area contributed by atoms with Gasteiger partial charge < -0.3 is 15.0 Å². The van der Waals surface area contributed by atoms with Gasteiger partial charge in [-0.25, -0.2) is 0 Å². The van der Waals surface area contributed by atoms with Gasteiger partial charge in [0.1, 0.15) is 0 Å². The number of nitrogens with one attached hydrogen (secondary N) is 2. The predicted molar refractivity (Wildman–Crippen MR) is 85.2 cm³/mol. The first kappa shape index (κ1) is 14.0. The van der Waals surface area contributed by atoms with Crippen molar-refractivity contribution in [1.82, 2.24) is 20.0 Å². The first-order valence-electron chi connectivity index (χ1n) is 7.65. The van der Waals surface area contributed by atoms with E-state index in [0.717, 1.165) is 42.8 Å². The molecule has 1 saturated heterocycles. The topological polar surface area (TPSA) is 84.8 Å². The van der Waals surface area contributed by atoms with Crippen LogP contribution in [-0.2, 0) is 11.3 Å². The molecule has 1 aromatic carbocycles. The summed E-state index contributed by atoms with van der Waals surface area (Å²) >= 11 is 0. The van der Waals surface area contributed by atoms with E-state index in [1.807, 2.05) is 24.3 Å². The third-order valence-corrected chi connectivity index (χ3v) is 4.08. The Balaban J connectivity index is 1.47. The summed E-state index contributed by atoms with van der Waals surface area (Å²) in [6.07, 6.45) is 4.49. The number of carbonyl (C=O) groups excluding carboxylic acids is 1. The Labute approximate surface area is 132 Å². The summed E-state index contributed by atoms with van der Waals surface area (Å²) in [6.45, 7) is 2.28.